The zero-order valence-electron chi connectivity index (χ0n) is 19.3. The largest absolute Gasteiger partial charge is 0.481 e. The maximum atomic E-state index is 14.9. The Morgan fingerprint density at radius 1 is 1.06 bits per heavy atom. The number of benzene rings is 2. The third-order valence-electron chi connectivity index (χ3n) is 7.11. The van der Waals surface area contributed by atoms with E-state index in [1.54, 1.807) is 37.3 Å². The predicted octanol–water partition coefficient (Wildman–Crippen LogP) is 4.01. The van der Waals surface area contributed by atoms with E-state index in [1.165, 1.54) is 18.3 Å². The molecule has 1 aromatic heterocycles. The lowest BCUT2D eigenvalue weighted by molar-refractivity contribution is -0.139. The summed E-state index contributed by atoms with van der Waals surface area (Å²) in [7, 11) is 0. The molecule has 7 nitrogen and oxygen atoms in total. The third-order valence-corrected chi connectivity index (χ3v) is 7.11. The molecule has 9 heteroatoms. The predicted molar refractivity (Wildman–Crippen MR) is 127 cm³/mol. The Bertz CT molecular complexity index is 1360. The highest BCUT2D eigenvalue weighted by Gasteiger charge is 2.59. The quantitative estimate of drug-likeness (QED) is 0.294. The first-order valence-electron chi connectivity index (χ1n) is 11.5. The van der Waals surface area contributed by atoms with Gasteiger partial charge in [-0.1, -0.05) is 23.4 Å². The number of fused-ring (bicyclic) bond motifs is 1. The minimum Gasteiger partial charge on any atom is -0.481 e. The number of carbonyl (C=O) groups excluding carboxylic acids is 1. The molecule has 2 heterocycles. The summed E-state index contributed by atoms with van der Waals surface area (Å²) in [5.74, 6) is -4.28. The molecule has 2 aliphatic rings. The highest BCUT2D eigenvalue weighted by Crippen LogP contribution is 2.52. The highest BCUT2D eigenvalue weighted by atomic mass is 19.1. The van der Waals surface area contributed by atoms with Crippen LogP contribution in [0.4, 0.5) is 14.5 Å². The van der Waals surface area contributed by atoms with Crippen molar-refractivity contribution in [2.45, 2.75) is 12.8 Å². The van der Waals surface area contributed by atoms with Crippen molar-refractivity contribution in [2.24, 2.45) is 22.9 Å². The Morgan fingerprint density at radius 3 is 2.33 bits per heavy atom. The number of halogens is 2. The monoisotopic (exact) mass is 491 g/mol. The first kappa shape index (κ1) is 23.6. The summed E-state index contributed by atoms with van der Waals surface area (Å²) < 4.78 is 28.5. The van der Waals surface area contributed by atoms with E-state index < -0.39 is 29.3 Å². The van der Waals surface area contributed by atoms with Crippen LogP contribution in [0, 0.1) is 36.3 Å². The van der Waals surface area contributed by atoms with Gasteiger partial charge in [-0.25, -0.2) is 8.78 Å². The number of nitrogens with zero attached hydrogens (tertiary/aromatic N) is 3. The van der Waals surface area contributed by atoms with Crippen molar-refractivity contribution in [1.29, 1.82) is 0 Å². The molecule has 0 amide bonds. The van der Waals surface area contributed by atoms with E-state index in [0.29, 0.717) is 36.0 Å². The van der Waals surface area contributed by atoms with Crippen LogP contribution in [-0.4, -0.2) is 45.9 Å². The number of carbonyl (C=O) groups is 2. The van der Waals surface area contributed by atoms with Crippen LogP contribution >= 0.6 is 0 Å². The van der Waals surface area contributed by atoms with Gasteiger partial charge in [0.1, 0.15) is 11.6 Å². The average Bonchev–Trinajstić information content (AvgIpc) is 3.36. The Kier molecular flexibility index (Phi) is 5.99. The zero-order chi connectivity index (χ0) is 25.6. The van der Waals surface area contributed by atoms with Gasteiger partial charge in [-0.2, -0.15) is 0 Å². The standard InChI is InChI=1S/C27H23F2N3O4/c1-14-10-16(8-9-30-14)25(31-36)26(33)23(19-7-4-17(28)11-22(19)29)15-2-5-18(6-3-15)32-12-20-21(13-32)24(20)27(34)35/h2-11,20-21,23-24,36H,12-13H2,1H3,(H,34,35)/b31-25-/t20-,21+,23-,24?/m1/s1. The Balaban J connectivity index is 1.48. The van der Waals surface area contributed by atoms with Crippen molar-refractivity contribution in [2.75, 3.05) is 18.0 Å². The number of anilines is 1. The molecule has 1 saturated heterocycles. The van der Waals surface area contributed by atoms with Crippen LogP contribution in [0.1, 0.15) is 28.3 Å². The van der Waals surface area contributed by atoms with Gasteiger partial charge >= 0.3 is 5.97 Å². The molecule has 184 valence electrons. The summed E-state index contributed by atoms with van der Waals surface area (Å²) in [6.45, 7) is 3.00. The minimum atomic E-state index is -1.19. The molecule has 3 aromatic rings. The normalized spacial score (nSPS) is 21.7. The first-order chi connectivity index (χ1) is 17.3. The van der Waals surface area contributed by atoms with E-state index in [4.69, 9.17) is 0 Å². The van der Waals surface area contributed by atoms with E-state index in [1.807, 2.05) is 0 Å². The SMILES string of the molecule is Cc1cc(/C(=N/O)C(=O)[C@H](c2ccc(N3C[C@@H]4C(C(=O)O)[C@@H]4C3)cc2)c2ccc(F)cc2F)ccn1. The van der Waals surface area contributed by atoms with Gasteiger partial charge in [0.05, 0.1) is 11.8 Å². The van der Waals surface area contributed by atoms with Gasteiger partial charge in [0.15, 0.2) is 11.5 Å². The van der Waals surface area contributed by atoms with E-state index in [-0.39, 0.29) is 29.0 Å². The van der Waals surface area contributed by atoms with Gasteiger partial charge in [-0.3, -0.25) is 14.6 Å². The maximum Gasteiger partial charge on any atom is 0.307 e. The Hall–Kier alpha value is -4.14. The molecule has 2 fully saturated rings. The van der Waals surface area contributed by atoms with Crippen molar-refractivity contribution in [3.63, 3.8) is 0 Å². The summed E-state index contributed by atoms with van der Waals surface area (Å²) in [5.41, 5.74) is 1.91. The fraction of sp³-hybridized carbons (Fsp3) is 0.259. The molecule has 1 aliphatic heterocycles. The van der Waals surface area contributed by atoms with Crippen molar-refractivity contribution in [3.8, 4) is 0 Å². The number of piperidine rings is 1. The number of ketones is 1. The van der Waals surface area contributed by atoms with Crippen molar-refractivity contribution < 1.29 is 28.7 Å². The van der Waals surface area contributed by atoms with Crippen molar-refractivity contribution >= 4 is 23.2 Å². The Morgan fingerprint density at radius 2 is 1.75 bits per heavy atom. The summed E-state index contributed by atoms with van der Waals surface area (Å²) in [4.78, 5) is 31.1. The topological polar surface area (TPSA) is 103 Å². The molecular formula is C27H23F2N3O4. The van der Waals surface area contributed by atoms with Gasteiger partial charge in [0, 0.05) is 47.9 Å². The Labute approximate surface area is 205 Å². The number of Topliss-reactive ketones (excluding diaryl/α,β-unsaturated/α-hetero) is 1. The summed E-state index contributed by atoms with van der Waals surface area (Å²) in [5, 5.41) is 22.2. The average molecular weight is 491 g/mol. The number of pyridine rings is 1. The minimum absolute atomic E-state index is 0.0483. The maximum absolute atomic E-state index is 14.9. The summed E-state index contributed by atoms with van der Waals surface area (Å²) in [6, 6.07) is 13.1. The number of aliphatic carboxylic acids is 1. The number of hydrogen-bond donors (Lipinski definition) is 2. The van der Waals surface area contributed by atoms with E-state index in [9.17, 15) is 28.7 Å². The molecule has 0 radical (unpaired) electrons. The van der Waals surface area contributed by atoms with Crippen LogP contribution in [-0.2, 0) is 9.59 Å². The fourth-order valence-corrected chi connectivity index (χ4v) is 5.27. The number of aromatic nitrogens is 1. The lowest BCUT2D eigenvalue weighted by atomic mass is 9.84. The van der Waals surface area contributed by atoms with Crippen LogP contribution in [0.2, 0.25) is 0 Å². The first-order valence-corrected chi connectivity index (χ1v) is 11.5. The number of aryl methyl sites for hydroxylation is 1. The van der Waals surface area contributed by atoms with Crippen LogP contribution in [0.25, 0.3) is 0 Å². The number of hydrogen-bond acceptors (Lipinski definition) is 6. The lowest BCUT2D eigenvalue weighted by Crippen LogP contribution is -2.27. The second-order valence-corrected chi connectivity index (χ2v) is 9.29. The number of rotatable bonds is 7. The molecule has 1 unspecified atom stereocenters. The molecule has 5 rings (SSSR count). The molecule has 2 N–H and O–H groups in total. The van der Waals surface area contributed by atoms with Crippen LogP contribution in [0.5, 0.6) is 0 Å². The summed E-state index contributed by atoms with van der Waals surface area (Å²) >= 11 is 0. The smallest absolute Gasteiger partial charge is 0.307 e. The van der Waals surface area contributed by atoms with Crippen LogP contribution in [0.15, 0.2) is 65.9 Å². The van der Waals surface area contributed by atoms with E-state index >= 15 is 0 Å². The molecule has 36 heavy (non-hydrogen) atoms. The number of oxime groups is 1. The molecule has 0 bridgehead atoms. The fourth-order valence-electron chi connectivity index (χ4n) is 5.27. The van der Waals surface area contributed by atoms with Crippen molar-refractivity contribution in [1.82, 2.24) is 4.98 Å². The van der Waals surface area contributed by atoms with Gasteiger partial charge in [0.2, 0.25) is 0 Å². The molecule has 1 aliphatic carbocycles. The van der Waals surface area contributed by atoms with Crippen LogP contribution < -0.4 is 4.90 Å². The highest BCUT2D eigenvalue weighted by molar-refractivity contribution is 6.48. The molecule has 0 spiro atoms. The van der Waals surface area contributed by atoms with E-state index in [0.717, 1.165) is 11.8 Å². The van der Waals surface area contributed by atoms with Gasteiger partial charge < -0.3 is 15.2 Å². The van der Waals surface area contributed by atoms with Gasteiger partial charge in [-0.05, 0) is 54.7 Å². The summed E-state index contributed by atoms with van der Waals surface area (Å²) in [6.07, 6.45) is 1.47. The van der Waals surface area contributed by atoms with Crippen LogP contribution in [0.3, 0.4) is 0 Å². The second kappa shape index (κ2) is 9.14. The van der Waals surface area contributed by atoms with Gasteiger partial charge in [0.25, 0.3) is 0 Å². The lowest BCUT2D eigenvalue weighted by Gasteiger charge is -2.23. The zero-order valence-corrected chi connectivity index (χ0v) is 19.3. The number of carboxylic acids is 1. The van der Waals surface area contributed by atoms with Crippen molar-refractivity contribution in [3.05, 3.63) is 94.8 Å². The third kappa shape index (κ3) is 4.21. The second-order valence-electron chi connectivity index (χ2n) is 9.29. The van der Waals surface area contributed by atoms with Gasteiger partial charge in [-0.15, -0.1) is 0 Å². The molecular weight excluding hydrogens is 468 g/mol. The molecule has 2 aromatic carbocycles. The molecule has 1 saturated carbocycles. The molecule has 4 atom stereocenters. The number of carboxylic acid groups (broad SMARTS) is 1. The van der Waals surface area contributed by atoms with E-state index in [2.05, 4.69) is 15.0 Å².